The highest BCUT2D eigenvalue weighted by Crippen LogP contribution is 1.99. The summed E-state index contributed by atoms with van der Waals surface area (Å²) < 4.78 is 5.16. The fraction of sp³-hybridized carbons (Fsp3) is 1.00. The fourth-order valence-corrected chi connectivity index (χ4v) is 1.85. The van der Waals surface area contributed by atoms with Crippen molar-refractivity contribution in [3.63, 3.8) is 0 Å². The van der Waals surface area contributed by atoms with Crippen LogP contribution in [0.1, 0.15) is 34.1 Å². The van der Waals surface area contributed by atoms with Gasteiger partial charge in [0.05, 0.1) is 6.61 Å². The lowest BCUT2D eigenvalue weighted by Gasteiger charge is -2.24. The van der Waals surface area contributed by atoms with E-state index in [4.69, 9.17) is 4.74 Å². The maximum absolute atomic E-state index is 5.16. The van der Waals surface area contributed by atoms with Crippen molar-refractivity contribution in [1.82, 2.24) is 10.2 Å². The molecular weight excluding hydrogens is 212 g/mol. The molecule has 0 aromatic heterocycles. The van der Waals surface area contributed by atoms with Crippen LogP contribution in [0.4, 0.5) is 0 Å². The van der Waals surface area contributed by atoms with E-state index in [2.05, 4.69) is 37.9 Å². The predicted octanol–water partition coefficient (Wildman–Crippen LogP) is 2.23. The second-order valence-corrected chi connectivity index (χ2v) is 5.64. The third kappa shape index (κ3) is 12.1. The van der Waals surface area contributed by atoms with E-state index >= 15 is 0 Å². The number of nitrogens with zero attached hydrogens (tertiary/aromatic N) is 1. The Bertz CT molecular complexity index is 160. The Balaban J connectivity index is 3.60. The zero-order valence-electron chi connectivity index (χ0n) is 12.5. The molecule has 0 aromatic rings. The van der Waals surface area contributed by atoms with Crippen LogP contribution in [0.2, 0.25) is 0 Å². The monoisotopic (exact) mass is 244 g/mol. The SMILES string of the molecule is COCCN(CCCNCC(C)C)CC(C)C. The zero-order chi connectivity index (χ0) is 13.1. The number of hydrogen-bond donors (Lipinski definition) is 1. The molecule has 3 heteroatoms. The Morgan fingerprint density at radius 2 is 1.76 bits per heavy atom. The van der Waals surface area contributed by atoms with Crippen LogP contribution in [0, 0.1) is 11.8 Å². The lowest BCUT2D eigenvalue weighted by molar-refractivity contribution is 0.139. The Morgan fingerprint density at radius 3 is 2.29 bits per heavy atom. The number of rotatable bonds is 11. The van der Waals surface area contributed by atoms with Gasteiger partial charge in [0.15, 0.2) is 0 Å². The number of hydrogen-bond acceptors (Lipinski definition) is 3. The molecule has 0 aliphatic carbocycles. The molecule has 0 atom stereocenters. The summed E-state index contributed by atoms with van der Waals surface area (Å²) in [5, 5.41) is 3.49. The van der Waals surface area contributed by atoms with E-state index in [9.17, 15) is 0 Å². The first-order valence-electron chi connectivity index (χ1n) is 6.98. The Hall–Kier alpha value is -0.120. The lowest BCUT2D eigenvalue weighted by atomic mass is 10.2. The molecule has 17 heavy (non-hydrogen) atoms. The molecule has 0 amide bonds. The van der Waals surface area contributed by atoms with Crippen LogP contribution in [0.25, 0.3) is 0 Å². The lowest BCUT2D eigenvalue weighted by Crippen LogP contribution is -2.33. The smallest absolute Gasteiger partial charge is 0.0589 e. The minimum Gasteiger partial charge on any atom is -0.383 e. The Morgan fingerprint density at radius 1 is 1.06 bits per heavy atom. The summed E-state index contributed by atoms with van der Waals surface area (Å²) in [7, 11) is 1.78. The highest BCUT2D eigenvalue weighted by atomic mass is 16.5. The average molecular weight is 244 g/mol. The van der Waals surface area contributed by atoms with Crippen LogP contribution < -0.4 is 5.32 Å². The standard InChI is InChI=1S/C14H32N2O/c1-13(2)11-15-7-6-8-16(9-10-17-5)12-14(3)4/h13-15H,6-12H2,1-5H3. The van der Waals surface area contributed by atoms with E-state index in [0.717, 1.165) is 38.1 Å². The van der Waals surface area contributed by atoms with Crippen LogP contribution in [0.5, 0.6) is 0 Å². The molecule has 0 heterocycles. The maximum atomic E-state index is 5.16. The van der Waals surface area contributed by atoms with E-state index in [1.807, 2.05) is 0 Å². The number of methoxy groups -OCH3 is 1. The second kappa shape index (κ2) is 11.0. The van der Waals surface area contributed by atoms with Crippen molar-refractivity contribution >= 4 is 0 Å². The van der Waals surface area contributed by atoms with Gasteiger partial charge in [-0.25, -0.2) is 0 Å². The number of nitrogens with one attached hydrogen (secondary N) is 1. The molecule has 0 fully saturated rings. The van der Waals surface area contributed by atoms with Crippen molar-refractivity contribution in [2.75, 3.05) is 46.4 Å². The molecule has 0 saturated heterocycles. The van der Waals surface area contributed by atoms with Crippen molar-refractivity contribution in [2.24, 2.45) is 11.8 Å². The summed E-state index contributed by atoms with van der Waals surface area (Å²) in [5.41, 5.74) is 0. The van der Waals surface area contributed by atoms with E-state index in [0.29, 0.717) is 0 Å². The van der Waals surface area contributed by atoms with E-state index in [-0.39, 0.29) is 0 Å². The molecule has 0 saturated carbocycles. The van der Waals surface area contributed by atoms with Gasteiger partial charge < -0.3 is 15.0 Å². The van der Waals surface area contributed by atoms with Gasteiger partial charge in [-0.3, -0.25) is 0 Å². The van der Waals surface area contributed by atoms with Crippen LogP contribution in [-0.4, -0.2) is 51.3 Å². The van der Waals surface area contributed by atoms with Crippen molar-refractivity contribution in [3.8, 4) is 0 Å². The first kappa shape index (κ1) is 16.9. The Kier molecular flexibility index (Phi) is 10.9. The van der Waals surface area contributed by atoms with E-state index in [1.54, 1.807) is 7.11 Å². The van der Waals surface area contributed by atoms with Crippen molar-refractivity contribution < 1.29 is 4.74 Å². The van der Waals surface area contributed by atoms with Gasteiger partial charge in [0.2, 0.25) is 0 Å². The highest BCUT2D eigenvalue weighted by Gasteiger charge is 2.06. The van der Waals surface area contributed by atoms with Crippen LogP contribution in [0.15, 0.2) is 0 Å². The summed E-state index contributed by atoms with van der Waals surface area (Å²) in [4.78, 5) is 2.51. The first-order valence-corrected chi connectivity index (χ1v) is 6.98. The maximum Gasteiger partial charge on any atom is 0.0589 e. The van der Waals surface area contributed by atoms with Crippen LogP contribution in [0.3, 0.4) is 0 Å². The molecule has 0 aromatic carbocycles. The third-order valence-corrected chi connectivity index (χ3v) is 2.62. The summed E-state index contributed by atoms with van der Waals surface area (Å²) in [5.74, 6) is 1.48. The number of ether oxygens (including phenoxy) is 1. The van der Waals surface area contributed by atoms with Crippen molar-refractivity contribution in [3.05, 3.63) is 0 Å². The predicted molar refractivity (Wildman–Crippen MR) is 75.5 cm³/mol. The van der Waals surface area contributed by atoms with Gasteiger partial charge in [0, 0.05) is 20.2 Å². The van der Waals surface area contributed by atoms with Gasteiger partial charge in [-0.15, -0.1) is 0 Å². The van der Waals surface area contributed by atoms with E-state index < -0.39 is 0 Å². The topological polar surface area (TPSA) is 24.5 Å². The molecule has 0 aliphatic rings. The molecule has 0 spiro atoms. The summed E-state index contributed by atoms with van der Waals surface area (Å²) >= 11 is 0. The highest BCUT2D eigenvalue weighted by molar-refractivity contribution is 4.61. The third-order valence-electron chi connectivity index (χ3n) is 2.62. The molecule has 0 radical (unpaired) electrons. The molecule has 0 aliphatic heterocycles. The molecule has 104 valence electrons. The summed E-state index contributed by atoms with van der Waals surface area (Å²) in [6, 6.07) is 0. The quantitative estimate of drug-likeness (QED) is 0.564. The second-order valence-electron chi connectivity index (χ2n) is 5.64. The van der Waals surface area contributed by atoms with Gasteiger partial charge in [-0.1, -0.05) is 27.7 Å². The van der Waals surface area contributed by atoms with Crippen LogP contribution in [-0.2, 0) is 4.74 Å². The fourth-order valence-electron chi connectivity index (χ4n) is 1.85. The van der Waals surface area contributed by atoms with Gasteiger partial charge in [0.1, 0.15) is 0 Å². The Labute approximate surface area is 108 Å². The molecule has 3 nitrogen and oxygen atoms in total. The molecule has 0 unspecified atom stereocenters. The van der Waals surface area contributed by atoms with E-state index in [1.165, 1.54) is 19.5 Å². The van der Waals surface area contributed by atoms with Crippen molar-refractivity contribution in [1.29, 1.82) is 0 Å². The van der Waals surface area contributed by atoms with Crippen molar-refractivity contribution in [2.45, 2.75) is 34.1 Å². The first-order chi connectivity index (χ1) is 8.06. The molecular formula is C14H32N2O. The van der Waals surface area contributed by atoms with Gasteiger partial charge in [-0.05, 0) is 37.9 Å². The minimum atomic E-state index is 0.732. The average Bonchev–Trinajstić information content (AvgIpc) is 2.23. The van der Waals surface area contributed by atoms with Crippen LogP contribution >= 0.6 is 0 Å². The molecule has 0 bridgehead atoms. The normalized spacial score (nSPS) is 12.0. The van der Waals surface area contributed by atoms with Gasteiger partial charge in [0.25, 0.3) is 0 Å². The summed E-state index contributed by atoms with van der Waals surface area (Å²) in [6.45, 7) is 15.5. The zero-order valence-corrected chi connectivity index (χ0v) is 12.5. The van der Waals surface area contributed by atoms with Gasteiger partial charge in [-0.2, -0.15) is 0 Å². The molecule has 1 N–H and O–H groups in total. The minimum absolute atomic E-state index is 0.732. The summed E-state index contributed by atoms with van der Waals surface area (Å²) in [6.07, 6.45) is 1.23. The largest absolute Gasteiger partial charge is 0.383 e. The molecule has 0 rings (SSSR count). The van der Waals surface area contributed by atoms with Gasteiger partial charge >= 0.3 is 0 Å².